The molecule has 0 bridgehead atoms. The van der Waals surface area contributed by atoms with Crippen LogP contribution in [0.15, 0.2) is 0 Å². The molecule has 0 spiro atoms. The van der Waals surface area contributed by atoms with Gasteiger partial charge in [-0.15, -0.1) is 0 Å². The Bertz CT molecular complexity index is 210. The number of nitrogens with one attached hydrogen (secondary N) is 1. The molecule has 0 aliphatic rings. The summed E-state index contributed by atoms with van der Waals surface area (Å²) in [7, 11) is 0.675. The molecule has 0 aromatic rings. The van der Waals surface area contributed by atoms with Crippen LogP contribution in [-0.4, -0.2) is 55.1 Å². The highest BCUT2D eigenvalue weighted by Crippen LogP contribution is 1.86. The topological polar surface area (TPSA) is 64.6 Å². The van der Waals surface area contributed by atoms with E-state index in [0.29, 0.717) is 19.0 Å². The summed E-state index contributed by atoms with van der Waals surface area (Å²) in [5.74, 6) is 0.271. The molecule has 0 saturated heterocycles. The minimum atomic E-state index is -0.896. The molecule has 15 heavy (non-hydrogen) atoms. The van der Waals surface area contributed by atoms with Gasteiger partial charge < -0.3 is 14.8 Å². The van der Waals surface area contributed by atoms with Gasteiger partial charge in [0.05, 0.1) is 13.2 Å². The first kappa shape index (κ1) is 14.5. The van der Waals surface area contributed by atoms with Crippen LogP contribution in [0.1, 0.15) is 6.92 Å². The molecule has 90 valence electrons. The number of rotatable bonds is 8. The van der Waals surface area contributed by atoms with E-state index in [0.717, 1.165) is 0 Å². The average Bonchev–Trinajstić information content (AvgIpc) is 2.10. The summed E-state index contributed by atoms with van der Waals surface area (Å²) in [6, 6.07) is -0.0886. The Kier molecular flexibility index (Phi) is 8.55. The van der Waals surface area contributed by atoms with Gasteiger partial charge in [0.2, 0.25) is 5.91 Å². The van der Waals surface area contributed by atoms with Gasteiger partial charge in [0.15, 0.2) is 0 Å². The van der Waals surface area contributed by atoms with Crippen molar-refractivity contribution in [2.24, 2.45) is 0 Å². The van der Waals surface area contributed by atoms with Crippen LogP contribution in [0.3, 0.4) is 0 Å². The number of carbonyl (C=O) groups is 1. The van der Waals surface area contributed by atoms with Gasteiger partial charge in [-0.05, 0) is 6.92 Å². The van der Waals surface area contributed by atoms with Crippen LogP contribution < -0.4 is 5.32 Å². The van der Waals surface area contributed by atoms with E-state index in [-0.39, 0.29) is 18.6 Å². The van der Waals surface area contributed by atoms with E-state index in [1.54, 1.807) is 13.4 Å². The van der Waals surface area contributed by atoms with Crippen molar-refractivity contribution >= 4 is 16.7 Å². The third-order valence-corrected chi connectivity index (χ3v) is 2.53. The molecule has 2 unspecified atom stereocenters. The molecule has 5 nitrogen and oxygen atoms in total. The van der Waals surface area contributed by atoms with E-state index in [2.05, 4.69) is 5.32 Å². The third-order valence-electron chi connectivity index (χ3n) is 1.56. The molecule has 0 heterocycles. The predicted molar refractivity (Wildman–Crippen MR) is 59.2 cm³/mol. The van der Waals surface area contributed by atoms with E-state index >= 15 is 0 Å². The Labute approximate surface area is 93.0 Å². The van der Waals surface area contributed by atoms with Crippen molar-refractivity contribution in [2.75, 3.05) is 38.9 Å². The second kappa shape index (κ2) is 8.82. The van der Waals surface area contributed by atoms with E-state index in [1.165, 1.54) is 0 Å². The molecular formula is C9H19NO4S. The van der Waals surface area contributed by atoms with Crippen LogP contribution in [0.4, 0.5) is 0 Å². The number of methoxy groups -OCH3 is 1. The minimum Gasteiger partial charge on any atom is -0.382 e. The van der Waals surface area contributed by atoms with Crippen LogP contribution in [-0.2, 0) is 25.1 Å². The maximum absolute atomic E-state index is 11.2. The summed E-state index contributed by atoms with van der Waals surface area (Å²) in [5, 5.41) is 2.69. The zero-order chi connectivity index (χ0) is 11.7. The second-order valence-corrected chi connectivity index (χ2v) is 4.73. The number of amides is 1. The fourth-order valence-corrected chi connectivity index (χ4v) is 1.80. The smallest absolute Gasteiger partial charge is 0.246 e. The number of hydrogen-bond acceptors (Lipinski definition) is 4. The molecule has 0 aliphatic carbocycles. The molecular weight excluding hydrogens is 218 g/mol. The molecule has 0 saturated carbocycles. The predicted octanol–water partition coefficient (Wildman–Crippen LogP) is -0.467. The monoisotopic (exact) mass is 237 g/mol. The van der Waals surface area contributed by atoms with Gasteiger partial charge in [-0.3, -0.25) is 9.00 Å². The highest BCUT2D eigenvalue weighted by molar-refractivity contribution is 7.84. The fraction of sp³-hybridized carbons (Fsp3) is 0.889. The first-order chi connectivity index (χ1) is 7.06. The largest absolute Gasteiger partial charge is 0.382 e. The van der Waals surface area contributed by atoms with Gasteiger partial charge in [0, 0.05) is 36.0 Å². The SMILES string of the molecule is COCCOCC(=O)NC(C)CS(C)=O. The van der Waals surface area contributed by atoms with E-state index in [4.69, 9.17) is 9.47 Å². The zero-order valence-electron chi connectivity index (χ0n) is 9.45. The molecule has 0 aromatic carbocycles. The summed E-state index contributed by atoms with van der Waals surface area (Å²) in [4.78, 5) is 11.2. The quantitative estimate of drug-likeness (QED) is 0.580. The van der Waals surface area contributed by atoms with Gasteiger partial charge in [0.25, 0.3) is 0 Å². The molecule has 1 N–H and O–H groups in total. The minimum absolute atomic E-state index is 0.0179. The van der Waals surface area contributed by atoms with Crippen LogP contribution in [0.25, 0.3) is 0 Å². The number of carbonyl (C=O) groups excluding carboxylic acids is 1. The van der Waals surface area contributed by atoms with Crippen LogP contribution >= 0.6 is 0 Å². The fourth-order valence-electron chi connectivity index (χ4n) is 1.02. The van der Waals surface area contributed by atoms with Crippen molar-refractivity contribution in [1.82, 2.24) is 5.32 Å². The Balaban J connectivity index is 3.51. The maximum atomic E-state index is 11.2. The average molecular weight is 237 g/mol. The van der Waals surface area contributed by atoms with Crippen LogP contribution in [0, 0.1) is 0 Å². The van der Waals surface area contributed by atoms with Crippen LogP contribution in [0.2, 0.25) is 0 Å². The van der Waals surface area contributed by atoms with Crippen molar-refractivity contribution in [3.8, 4) is 0 Å². The van der Waals surface area contributed by atoms with Gasteiger partial charge in [-0.25, -0.2) is 0 Å². The van der Waals surface area contributed by atoms with E-state index in [1.807, 2.05) is 6.92 Å². The van der Waals surface area contributed by atoms with E-state index < -0.39 is 10.8 Å². The van der Waals surface area contributed by atoms with Gasteiger partial charge in [0.1, 0.15) is 6.61 Å². The van der Waals surface area contributed by atoms with Gasteiger partial charge >= 0.3 is 0 Å². The normalized spacial score (nSPS) is 14.6. The first-order valence-corrected chi connectivity index (χ1v) is 6.45. The lowest BCUT2D eigenvalue weighted by molar-refractivity contribution is -0.126. The maximum Gasteiger partial charge on any atom is 0.246 e. The summed E-state index contributed by atoms with van der Waals surface area (Å²) >= 11 is 0. The summed E-state index contributed by atoms with van der Waals surface area (Å²) in [5.41, 5.74) is 0. The molecule has 2 atom stereocenters. The van der Waals surface area contributed by atoms with Crippen molar-refractivity contribution in [2.45, 2.75) is 13.0 Å². The third kappa shape index (κ3) is 9.84. The lowest BCUT2D eigenvalue weighted by atomic mass is 10.4. The summed E-state index contributed by atoms with van der Waals surface area (Å²) in [6.07, 6.45) is 1.61. The molecule has 6 heteroatoms. The van der Waals surface area contributed by atoms with Crippen LogP contribution in [0.5, 0.6) is 0 Å². The highest BCUT2D eigenvalue weighted by Gasteiger charge is 2.08. The molecule has 1 amide bonds. The lowest BCUT2D eigenvalue weighted by Gasteiger charge is -2.12. The summed E-state index contributed by atoms with van der Waals surface area (Å²) in [6.45, 7) is 2.71. The van der Waals surface area contributed by atoms with Crippen molar-refractivity contribution < 1.29 is 18.5 Å². The Morgan fingerprint density at radius 1 is 1.47 bits per heavy atom. The van der Waals surface area contributed by atoms with E-state index in [9.17, 15) is 9.00 Å². The standard InChI is InChI=1S/C9H19NO4S/c1-8(7-15(3)12)10-9(11)6-14-5-4-13-2/h8H,4-7H2,1-3H3,(H,10,11). The molecule has 0 aromatic heterocycles. The van der Waals surface area contributed by atoms with Crippen molar-refractivity contribution in [1.29, 1.82) is 0 Å². The Hall–Kier alpha value is -0.460. The van der Waals surface area contributed by atoms with Gasteiger partial charge in [-0.2, -0.15) is 0 Å². The molecule has 0 aliphatic heterocycles. The Morgan fingerprint density at radius 2 is 2.13 bits per heavy atom. The zero-order valence-corrected chi connectivity index (χ0v) is 10.3. The lowest BCUT2D eigenvalue weighted by Crippen LogP contribution is -2.38. The highest BCUT2D eigenvalue weighted by atomic mass is 32.2. The number of hydrogen-bond donors (Lipinski definition) is 1. The van der Waals surface area contributed by atoms with Crippen molar-refractivity contribution in [3.05, 3.63) is 0 Å². The van der Waals surface area contributed by atoms with Crippen molar-refractivity contribution in [3.63, 3.8) is 0 Å². The second-order valence-electron chi connectivity index (χ2n) is 3.25. The Morgan fingerprint density at radius 3 is 2.67 bits per heavy atom. The molecule has 0 rings (SSSR count). The summed E-state index contributed by atoms with van der Waals surface area (Å²) < 4.78 is 20.6. The first-order valence-electron chi connectivity index (χ1n) is 4.72. The molecule has 0 radical (unpaired) electrons. The van der Waals surface area contributed by atoms with Gasteiger partial charge in [-0.1, -0.05) is 0 Å². The number of ether oxygens (including phenoxy) is 2. The molecule has 0 fully saturated rings.